The van der Waals surface area contributed by atoms with Crippen LogP contribution in [0.25, 0.3) is 5.76 Å². The maximum absolute atomic E-state index is 13.3. The molecule has 1 unspecified atom stereocenters. The third kappa shape index (κ3) is 3.61. The maximum Gasteiger partial charge on any atom is 0.301 e. The van der Waals surface area contributed by atoms with E-state index in [2.05, 4.69) is 10.2 Å². The van der Waals surface area contributed by atoms with Crippen LogP contribution in [-0.4, -0.2) is 38.7 Å². The minimum absolute atomic E-state index is 0.114. The molecular formula is C21H16FN3O5S. The summed E-state index contributed by atoms with van der Waals surface area (Å²) in [5.74, 6) is -2.74. The fourth-order valence-electron chi connectivity index (χ4n) is 3.35. The van der Waals surface area contributed by atoms with Crippen LogP contribution >= 0.6 is 11.3 Å². The average molecular weight is 441 g/mol. The Balaban J connectivity index is 1.94. The highest BCUT2D eigenvalue weighted by molar-refractivity contribution is 7.13. The molecule has 2 N–H and O–H groups in total. The lowest BCUT2D eigenvalue weighted by Crippen LogP contribution is -2.29. The number of phenolic OH excluding ortho intramolecular Hbond substituents is 1. The smallest absolute Gasteiger partial charge is 0.301 e. The Bertz CT molecular complexity index is 1180. The van der Waals surface area contributed by atoms with Crippen LogP contribution in [0.3, 0.4) is 0 Å². The first-order valence-electron chi connectivity index (χ1n) is 9.21. The SMILES string of the molecule is CCOc1cc(C2/C(=C(\O)c3ccc(F)cc3)C(=O)C(=O)N2c2nncs2)ccc1O. The molecule has 1 fully saturated rings. The van der Waals surface area contributed by atoms with Crippen molar-refractivity contribution in [2.24, 2.45) is 0 Å². The Morgan fingerprint density at radius 3 is 2.61 bits per heavy atom. The number of amides is 1. The molecule has 10 heteroatoms. The zero-order valence-corrected chi connectivity index (χ0v) is 17.0. The Hall–Kier alpha value is -3.79. The normalized spacial score (nSPS) is 17.9. The first-order valence-corrected chi connectivity index (χ1v) is 10.1. The number of aliphatic hydroxyl groups is 1. The summed E-state index contributed by atoms with van der Waals surface area (Å²) in [7, 11) is 0. The van der Waals surface area contributed by atoms with Gasteiger partial charge in [-0.2, -0.15) is 0 Å². The Labute approximate surface area is 179 Å². The molecule has 2 heterocycles. The largest absolute Gasteiger partial charge is 0.507 e. The molecule has 0 spiro atoms. The van der Waals surface area contributed by atoms with Gasteiger partial charge in [-0.3, -0.25) is 14.5 Å². The average Bonchev–Trinajstić information content (AvgIpc) is 3.37. The van der Waals surface area contributed by atoms with Crippen LogP contribution < -0.4 is 9.64 Å². The molecule has 8 nitrogen and oxygen atoms in total. The van der Waals surface area contributed by atoms with E-state index in [1.54, 1.807) is 6.92 Å². The first-order chi connectivity index (χ1) is 14.9. The number of carbonyl (C=O) groups excluding carboxylic acids is 2. The van der Waals surface area contributed by atoms with Crippen molar-refractivity contribution in [2.45, 2.75) is 13.0 Å². The van der Waals surface area contributed by atoms with Crippen molar-refractivity contribution >= 4 is 33.9 Å². The van der Waals surface area contributed by atoms with Gasteiger partial charge in [-0.05, 0) is 48.9 Å². The highest BCUT2D eigenvalue weighted by atomic mass is 32.1. The predicted molar refractivity (Wildman–Crippen MR) is 110 cm³/mol. The molecule has 1 aliphatic rings. The van der Waals surface area contributed by atoms with E-state index in [4.69, 9.17) is 4.74 Å². The lowest BCUT2D eigenvalue weighted by molar-refractivity contribution is -0.132. The van der Waals surface area contributed by atoms with Crippen LogP contribution in [0.2, 0.25) is 0 Å². The molecule has 0 saturated carbocycles. The van der Waals surface area contributed by atoms with Crippen LogP contribution in [0.5, 0.6) is 11.5 Å². The molecule has 3 aromatic rings. The van der Waals surface area contributed by atoms with Gasteiger partial charge in [0.1, 0.15) is 17.1 Å². The van der Waals surface area contributed by atoms with Crippen molar-refractivity contribution in [1.82, 2.24) is 10.2 Å². The van der Waals surface area contributed by atoms with Crippen molar-refractivity contribution < 1.29 is 28.9 Å². The third-order valence-corrected chi connectivity index (χ3v) is 5.40. The van der Waals surface area contributed by atoms with Crippen molar-refractivity contribution in [3.8, 4) is 11.5 Å². The maximum atomic E-state index is 13.3. The molecule has 158 valence electrons. The zero-order chi connectivity index (χ0) is 22.1. The minimum Gasteiger partial charge on any atom is -0.507 e. The predicted octanol–water partition coefficient (Wildman–Crippen LogP) is 3.41. The van der Waals surface area contributed by atoms with Crippen LogP contribution in [0.4, 0.5) is 9.52 Å². The summed E-state index contributed by atoms with van der Waals surface area (Å²) in [6.07, 6.45) is 0. The van der Waals surface area contributed by atoms with E-state index < -0.39 is 29.3 Å². The van der Waals surface area contributed by atoms with Crippen molar-refractivity contribution in [1.29, 1.82) is 0 Å². The molecule has 1 amide bonds. The number of ketones is 1. The minimum atomic E-state index is -1.06. The van der Waals surface area contributed by atoms with Gasteiger partial charge in [-0.1, -0.05) is 17.4 Å². The molecule has 1 aliphatic heterocycles. The molecule has 0 bridgehead atoms. The number of anilines is 1. The van der Waals surface area contributed by atoms with Gasteiger partial charge in [-0.15, -0.1) is 10.2 Å². The van der Waals surface area contributed by atoms with Crippen LogP contribution in [0.1, 0.15) is 24.1 Å². The van der Waals surface area contributed by atoms with Gasteiger partial charge in [0.25, 0.3) is 5.78 Å². The quantitative estimate of drug-likeness (QED) is 0.354. The number of nitrogens with zero attached hydrogens (tertiary/aromatic N) is 3. The number of aliphatic hydroxyl groups excluding tert-OH is 1. The van der Waals surface area contributed by atoms with E-state index in [1.807, 2.05) is 0 Å². The number of benzene rings is 2. The molecular weight excluding hydrogens is 425 g/mol. The summed E-state index contributed by atoms with van der Waals surface area (Å²) < 4.78 is 18.8. The van der Waals surface area contributed by atoms with Crippen molar-refractivity contribution in [3.63, 3.8) is 0 Å². The molecule has 0 radical (unpaired) electrons. The lowest BCUT2D eigenvalue weighted by Gasteiger charge is -2.23. The van der Waals surface area contributed by atoms with Gasteiger partial charge >= 0.3 is 5.91 Å². The Morgan fingerprint density at radius 2 is 1.97 bits per heavy atom. The van der Waals surface area contributed by atoms with Gasteiger partial charge in [0, 0.05) is 5.56 Å². The second-order valence-corrected chi connectivity index (χ2v) is 7.37. The number of carbonyl (C=O) groups is 2. The number of Topliss-reactive ketones (excluding diaryl/α,β-unsaturated/α-hetero) is 1. The number of hydrogen-bond acceptors (Lipinski definition) is 8. The summed E-state index contributed by atoms with van der Waals surface area (Å²) in [4.78, 5) is 27.0. The number of halogens is 1. The standard InChI is InChI=1S/C21H16FN3O5S/c1-2-30-15-9-12(5-8-14(15)26)17-16(18(27)11-3-6-13(22)7-4-11)19(28)20(29)25(17)21-24-23-10-31-21/h3-10,17,26-27H,2H2,1H3/b18-16+. The van der Waals surface area contributed by atoms with Crippen LogP contribution in [-0.2, 0) is 9.59 Å². The van der Waals surface area contributed by atoms with Gasteiger partial charge < -0.3 is 14.9 Å². The lowest BCUT2D eigenvalue weighted by atomic mass is 9.95. The van der Waals surface area contributed by atoms with E-state index >= 15 is 0 Å². The molecule has 1 saturated heterocycles. The van der Waals surface area contributed by atoms with E-state index in [9.17, 15) is 24.2 Å². The van der Waals surface area contributed by atoms with Gasteiger partial charge in [0.15, 0.2) is 11.5 Å². The second-order valence-electron chi connectivity index (χ2n) is 6.56. The van der Waals surface area contributed by atoms with Gasteiger partial charge in [0.05, 0.1) is 18.2 Å². The number of ether oxygens (including phenoxy) is 1. The second kappa shape index (κ2) is 8.15. The number of rotatable bonds is 5. The van der Waals surface area contributed by atoms with Crippen LogP contribution in [0.15, 0.2) is 53.5 Å². The van der Waals surface area contributed by atoms with Gasteiger partial charge in [0.2, 0.25) is 5.13 Å². The molecule has 1 atom stereocenters. The Kier molecular flexibility index (Phi) is 5.38. The molecule has 0 aliphatic carbocycles. The molecule has 1 aromatic heterocycles. The summed E-state index contributed by atoms with van der Waals surface area (Å²) >= 11 is 1.05. The molecule has 31 heavy (non-hydrogen) atoms. The van der Waals surface area contributed by atoms with E-state index in [0.717, 1.165) is 28.4 Å². The topological polar surface area (TPSA) is 113 Å². The number of hydrogen-bond donors (Lipinski definition) is 2. The van der Waals surface area contributed by atoms with Crippen LogP contribution in [0, 0.1) is 5.82 Å². The highest BCUT2D eigenvalue weighted by Gasteiger charge is 2.48. The number of aromatic nitrogens is 2. The number of aromatic hydroxyl groups is 1. The fraction of sp³-hybridized carbons (Fsp3) is 0.143. The van der Waals surface area contributed by atoms with E-state index in [-0.39, 0.29) is 34.4 Å². The van der Waals surface area contributed by atoms with E-state index in [0.29, 0.717) is 5.56 Å². The summed E-state index contributed by atoms with van der Waals surface area (Å²) in [6, 6.07) is 8.21. The zero-order valence-electron chi connectivity index (χ0n) is 16.2. The van der Waals surface area contributed by atoms with Gasteiger partial charge in [-0.25, -0.2) is 4.39 Å². The highest BCUT2D eigenvalue weighted by Crippen LogP contribution is 2.44. The first kappa shape index (κ1) is 20.5. The van der Waals surface area contributed by atoms with Crippen molar-refractivity contribution in [2.75, 3.05) is 11.5 Å². The monoisotopic (exact) mass is 441 g/mol. The summed E-state index contributed by atoms with van der Waals surface area (Å²) in [5.41, 5.74) is 1.79. The Morgan fingerprint density at radius 1 is 1.23 bits per heavy atom. The number of phenols is 1. The molecule has 2 aromatic carbocycles. The molecule has 4 rings (SSSR count). The van der Waals surface area contributed by atoms with E-state index in [1.165, 1.54) is 35.8 Å². The summed E-state index contributed by atoms with van der Waals surface area (Å²) in [5, 5.41) is 28.8. The van der Waals surface area contributed by atoms with Crippen molar-refractivity contribution in [3.05, 3.63) is 70.5 Å². The fourth-order valence-corrected chi connectivity index (χ4v) is 3.94. The third-order valence-electron chi connectivity index (χ3n) is 4.72. The summed E-state index contributed by atoms with van der Waals surface area (Å²) in [6.45, 7) is 2.02.